The number of nitrogens with two attached hydrogens (primary N) is 1. The Labute approximate surface area is 189 Å². The summed E-state index contributed by atoms with van der Waals surface area (Å²) in [5.74, 6) is 0.182. The van der Waals surface area contributed by atoms with E-state index in [9.17, 15) is 9.59 Å². The molecule has 3 N–H and O–H groups in total. The Morgan fingerprint density at radius 1 is 1.16 bits per heavy atom. The number of nitrogens with zero attached hydrogens (tertiary/aromatic N) is 2. The number of amides is 1. The van der Waals surface area contributed by atoms with Gasteiger partial charge in [0.1, 0.15) is 10.7 Å². The van der Waals surface area contributed by atoms with E-state index in [4.69, 9.17) is 10.7 Å². The summed E-state index contributed by atoms with van der Waals surface area (Å²) in [6.07, 6.45) is 0.563. The maximum Gasteiger partial charge on any atom is 0.260 e. The molecule has 32 heavy (non-hydrogen) atoms. The Morgan fingerprint density at radius 2 is 1.88 bits per heavy atom. The molecule has 1 atom stereocenters. The minimum absolute atomic E-state index is 0.155. The molecule has 7 heteroatoms. The zero-order chi connectivity index (χ0) is 22.4. The normalized spacial score (nSPS) is 16.2. The average molecular weight is 445 g/mol. The molecular weight excluding hydrogens is 420 g/mol. The fourth-order valence-electron chi connectivity index (χ4n) is 4.52. The third-order valence-electron chi connectivity index (χ3n) is 6.15. The minimum atomic E-state index is -0.431. The molecule has 0 fully saturated rings. The molecule has 0 radical (unpaired) electrons. The quantitative estimate of drug-likeness (QED) is 0.502. The van der Waals surface area contributed by atoms with Crippen molar-refractivity contribution in [3.63, 3.8) is 0 Å². The van der Waals surface area contributed by atoms with Crippen LogP contribution in [0.5, 0.6) is 0 Å². The van der Waals surface area contributed by atoms with E-state index >= 15 is 0 Å². The third-order valence-corrected chi connectivity index (χ3v) is 7.15. The highest BCUT2D eigenvalue weighted by atomic mass is 32.1. The number of H-pyrrole nitrogens is 1. The standard InChI is InChI=1S/C25H24N4O2S/c1-14-7-9-16(10-8-14)21-15(2)32-25-22(21)24(31)27-20(28-25)13-29-12-18-6-4-3-5-17(18)11-19(29)23(26)30/h3-10,19H,11-13H2,1-2H3,(H2,26,30)(H,27,28,31)/t19-/m1/s1. The molecule has 5 rings (SSSR count). The summed E-state index contributed by atoms with van der Waals surface area (Å²) < 4.78 is 0. The number of benzene rings is 2. The number of aryl methyl sites for hydroxylation is 2. The summed E-state index contributed by atoms with van der Waals surface area (Å²) in [5.41, 5.74) is 11.0. The minimum Gasteiger partial charge on any atom is -0.368 e. The van der Waals surface area contributed by atoms with Crippen molar-refractivity contribution in [1.82, 2.24) is 14.9 Å². The predicted molar refractivity (Wildman–Crippen MR) is 128 cm³/mol. The molecule has 0 saturated carbocycles. The number of carbonyl (C=O) groups excluding carboxylic acids is 1. The first-order valence-electron chi connectivity index (χ1n) is 10.6. The van der Waals surface area contributed by atoms with Gasteiger partial charge in [0.15, 0.2) is 0 Å². The van der Waals surface area contributed by atoms with Crippen LogP contribution >= 0.6 is 11.3 Å². The number of hydrogen-bond acceptors (Lipinski definition) is 5. The Morgan fingerprint density at radius 3 is 2.59 bits per heavy atom. The van der Waals surface area contributed by atoms with Crippen molar-refractivity contribution in [1.29, 1.82) is 0 Å². The maximum absolute atomic E-state index is 13.1. The average Bonchev–Trinajstić information content (AvgIpc) is 3.10. The van der Waals surface area contributed by atoms with Gasteiger partial charge in [0.05, 0.1) is 18.0 Å². The summed E-state index contributed by atoms with van der Waals surface area (Å²) in [6.45, 7) is 5.00. The molecule has 2 aromatic heterocycles. The number of aromatic amines is 1. The number of rotatable bonds is 4. The lowest BCUT2D eigenvalue weighted by molar-refractivity contribution is -0.124. The molecule has 0 aliphatic carbocycles. The van der Waals surface area contributed by atoms with Crippen LogP contribution in [0.25, 0.3) is 21.3 Å². The van der Waals surface area contributed by atoms with Crippen LogP contribution in [0.2, 0.25) is 0 Å². The summed E-state index contributed by atoms with van der Waals surface area (Å²) in [6, 6.07) is 15.8. The Balaban J connectivity index is 1.52. The second-order valence-electron chi connectivity index (χ2n) is 8.39. The molecule has 0 spiro atoms. The number of thiophene rings is 1. The molecule has 0 bridgehead atoms. The molecule has 6 nitrogen and oxygen atoms in total. The highest BCUT2D eigenvalue weighted by Gasteiger charge is 2.30. The van der Waals surface area contributed by atoms with E-state index in [1.807, 2.05) is 61.2 Å². The Kier molecular flexibility index (Phi) is 5.15. The molecule has 2 aromatic carbocycles. The van der Waals surface area contributed by atoms with Crippen molar-refractivity contribution in [3.05, 3.63) is 86.3 Å². The van der Waals surface area contributed by atoms with Crippen molar-refractivity contribution in [2.45, 2.75) is 39.4 Å². The van der Waals surface area contributed by atoms with Gasteiger partial charge in [-0.1, -0.05) is 54.1 Å². The van der Waals surface area contributed by atoms with Gasteiger partial charge in [-0.25, -0.2) is 4.98 Å². The summed E-state index contributed by atoms with van der Waals surface area (Å²) in [5, 5.41) is 0.621. The molecule has 0 unspecified atom stereocenters. The van der Waals surface area contributed by atoms with E-state index in [1.54, 1.807) is 0 Å². The van der Waals surface area contributed by atoms with E-state index in [0.29, 0.717) is 35.6 Å². The summed E-state index contributed by atoms with van der Waals surface area (Å²) in [7, 11) is 0. The Hall–Kier alpha value is -3.29. The lowest BCUT2D eigenvalue weighted by Gasteiger charge is -2.34. The van der Waals surface area contributed by atoms with Crippen molar-refractivity contribution in [2.75, 3.05) is 0 Å². The van der Waals surface area contributed by atoms with Gasteiger partial charge in [-0.3, -0.25) is 14.5 Å². The van der Waals surface area contributed by atoms with Gasteiger partial charge in [0.25, 0.3) is 5.56 Å². The van der Waals surface area contributed by atoms with Crippen LogP contribution in [0.1, 0.15) is 27.4 Å². The molecule has 4 aromatic rings. The van der Waals surface area contributed by atoms with Crippen LogP contribution in [-0.2, 0) is 24.3 Å². The molecule has 162 valence electrons. The van der Waals surface area contributed by atoms with Crippen LogP contribution in [0.4, 0.5) is 0 Å². The van der Waals surface area contributed by atoms with Crippen molar-refractivity contribution >= 4 is 27.5 Å². The smallest absolute Gasteiger partial charge is 0.260 e. The zero-order valence-corrected chi connectivity index (χ0v) is 18.8. The lowest BCUT2D eigenvalue weighted by atomic mass is 9.93. The second kappa shape index (κ2) is 8.00. The first kappa shape index (κ1) is 20.6. The van der Waals surface area contributed by atoms with Crippen molar-refractivity contribution < 1.29 is 4.79 Å². The fraction of sp³-hybridized carbons (Fsp3) is 0.240. The van der Waals surface area contributed by atoms with Crippen LogP contribution in [0, 0.1) is 13.8 Å². The van der Waals surface area contributed by atoms with Gasteiger partial charge in [-0.15, -0.1) is 11.3 Å². The summed E-state index contributed by atoms with van der Waals surface area (Å²) >= 11 is 1.52. The predicted octanol–water partition coefficient (Wildman–Crippen LogP) is 3.68. The van der Waals surface area contributed by atoms with Gasteiger partial charge in [0, 0.05) is 17.0 Å². The first-order chi connectivity index (χ1) is 15.4. The molecule has 1 amide bonds. The molecule has 1 aliphatic rings. The topological polar surface area (TPSA) is 92.1 Å². The van der Waals surface area contributed by atoms with Crippen LogP contribution < -0.4 is 11.3 Å². The van der Waals surface area contributed by atoms with Crippen LogP contribution in [0.15, 0.2) is 53.3 Å². The highest BCUT2D eigenvalue weighted by molar-refractivity contribution is 7.19. The van der Waals surface area contributed by atoms with Crippen LogP contribution in [0.3, 0.4) is 0 Å². The number of fused-ring (bicyclic) bond motifs is 2. The van der Waals surface area contributed by atoms with Crippen molar-refractivity contribution in [3.8, 4) is 11.1 Å². The number of hydrogen-bond donors (Lipinski definition) is 2. The van der Waals surface area contributed by atoms with E-state index in [2.05, 4.69) is 11.1 Å². The summed E-state index contributed by atoms with van der Waals surface area (Å²) in [4.78, 5) is 36.8. The number of carbonyl (C=O) groups is 1. The zero-order valence-electron chi connectivity index (χ0n) is 18.0. The lowest BCUT2D eigenvalue weighted by Crippen LogP contribution is -2.48. The highest BCUT2D eigenvalue weighted by Crippen LogP contribution is 2.35. The molecule has 1 aliphatic heterocycles. The second-order valence-corrected chi connectivity index (χ2v) is 9.59. The van der Waals surface area contributed by atoms with E-state index in [0.717, 1.165) is 21.6 Å². The SMILES string of the molecule is Cc1ccc(-c2c(C)sc3nc(CN4Cc5ccccc5C[C@@H]4C(N)=O)[nH]c(=O)c23)cc1. The van der Waals surface area contributed by atoms with Gasteiger partial charge in [0.2, 0.25) is 5.91 Å². The fourth-order valence-corrected chi connectivity index (χ4v) is 5.59. The van der Waals surface area contributed by atoms with E-state index in [1.165, 1.54) is 22.5 Å². The van der Waals surface area contributed by atoms with Crippen LogP contribution in [-0.4, -0.2) is 26.8 Å². The third kappa shape index (κ3) is 3.63. The van der Waals surface area contributed by atoms with Gasteiger partial charge < -0.3 is 10.7 Å². The maximum atomic E-state index is 13.1. The largest absolute Gasteiger partial charge is 0.368 e. The molecule has 0 saturated heterocycles. The van der Waals surface area contributed by atoms with Gasteiger partial charge in [-0.05, 0) is 37.0 Å². The molecular formula is C25H24N4O2S. The number of nitrogens with one attached hydrogen (secondary N) is 1. The van der Waals surface area contributed by atoms with Gasteiger partial charge >= 0.3 is 0 Å². The first-order valence-corrected chi connectivity index (χ1v) is 11.4. The number of aromatic nitrogens is 2. The number of primary amides is 1. The molecule has 3 heterocycles. The monoisotopic (exact) mass is 444 g/mol. The Bertz CT molecular complexity index is 1390. The van der Waals surface area contributed by atoms with E-state index in [-0.39, 0.29) is 11.5 Å². The van der Waals surface area contributed by atoms with E-state index < -0.39 is 6.04 Å². The van der Waals surface area contributed by atoms with Gasteiger partial charge in [-0.2, -0.15) is 0 Å². The van der Waals surface area contributed by atoms with Crippen molar-refractivity contribution in [2.24, 2.45) is 5.73 Å².